The van der Waals surface area contributed by atoms with E-state index in [0.717, 1.165) is 29.1 Å². The molecule has 0 aliphatic rings. The van der Waals surface area contributed by atoms with Crippen molar-refractivity contribution in [1.82, 2.24) is 9.99 Å². The number of pyridine rings is 1. The highest BCUT2D eigenvalue weighted by Gasteiger charge is 2.38. The second kappa shape index (κ2) is 8.54. The summed E-state index contributed by atoms with van der Waals surface area (Å²) in [4.78, 5) is 15.4. The zero-order valence-electron chi connectivity index (χ0n) is 16.8. The molecule has 0 aliphatic heterocycles. The van der Waals surface area contributed by atoms with Crippen LogP contribution in [0.15, 0.2) is 24.3 Å². The minimum absolute atomic E-state index is 0.108. The summed E-state index contributed by atoms with van der Waals surface area (Å²) in [5.74, 6) is -0.828. The number of aromatic nitrogens is 1. The van der Waals surface area contributed by atoms with Gasteiger partial charge in [-0.2, -0.15) is 39.5 Å². The topological polar surface area (TPSA) is 39.7 Å². The average Bonchev–Trinajstić information content (AvgIpc) is 2.61. The third kappa shape index (κ3) is 6.29. The van der Waals surface area contributed by atoms with E-state index in [-0.39, 0.29) is 16.2 Å². The minimum atomic E-state index is -5.03. The summed E-state index contributed by atoms with van der Waals surface area (Å²) < 4.78 is 118. The summed E-state index contributed by atoms with van der Waals surface area (Å²) in [6, 6.07) is 2.86. The van der Waals surface area contributed by atoms with Gasteiger partial charge in [-0.25, -0.2) is 4.98 Å². The molecule has 1 amide bonds. The third-order valence-corrected chi connectivity index (χ3v) is 4.43. The van der Waals surface area contributed by atoms with Gasteiger partial charge in [-0.1, -0.05) is 0 Å². The fourth-order valence-corrected chi connectivity index (χ4v) is 2.83. The fourth-order valence-electron chi connectivity index (χ4n) is 2.83. The van der Waals surface area contributed by atoms with Crippen molar-refractivity contribution in [2.24, 2.45) is 0 Å². The van der Waals surface area contributed by atoms with Crippen molar-refractivity contribution in [2.75, 3.05) is 37.1 Å². The van der Waals surface area contributed by atoms with Crippen LogP contribution in [-0.2, 0) is 11.0 Å². The minimum Gasteiger partial charge on any atom is -0.353 e. The van der Waals surface area contributed by atoms with Crippen molar-refractivity contribution < 1.29 is 44.3 Å². The maximum Gasteiger partial charge on any atom is 0.417 e. The number of hydrogen-bond acceptors (Lipinski definition) is 4. The predicted octanol–water partition coefficient (Wildman–Crippen LogP) is 5.01. The number of hydrazine groups is 1. The normalized spacial score (nSPS) is 12.8. The van der Waals surface area contributed by atoms with Crippen molar-refractivity contribution in [3.8, 4) is 0 Å². The number of benzene rings is 1. The Kier molecular flexibility index (Phi) is 6.76. The van der Waals surface area contributed by atoms with Crippen molar-refractivity contribution in [2.45, 2.75) is 25.5 Å². The zero-order valence-corrected chi connectivity index (χ0v) is 16.8. The Hall–Kier alpha value is -2.93. The Labute approximate surface area is 176 Å². The summed E-state index contributed by atoms with van der Waals surface area (Å²) in [7, 11) is 2.54. The van der Waals surface area contributed by atoms with Gasteiger partial charge in [0.15, 0.2) is 0 Å². The summed E-state index contributed by atoms with van der Waals surface area (Å²) in [6.45, 7) is -2.88. The van der Waals surface area contributed by atoms with E-state index in [9.17, 15) is 44.3 Å². The van der Waals surface area contributed by atoms with Crippen LogP contribution in [0, 0.1) is 0 Å². The predicted molar refractivity (Wildman–Crippen MR) is 97.9 cm³/mol. The highest BCUT2D eigenvalue weighted by Crippen LogP contribution is 2.38. The zero-order chi connectivity index (χ0) is 24.6. The lowest BCUT2D eigenvalue weighted by atomic mass is 10.1. The number of rotatable bonds is 5. The molecule has 0 fully saturated rings. The molecule has 32 heavy (non-hydrogen) atoms. The van der Waals surface area contributed by atoms with Crippen LogP contribution in [0.5, 0.6) is 0 Å². The Morgan fingerprint density at radius 3 is 1.88 bits per heavy atom. The number of carbonyl (C=O) groups excluding carboxylic acids is 1. The van der Waals surface area contributed by atoms with Gasteiger partial charge in [0, 0.05) is 32.1 Å². The number of halogens is 9. The average molecular weight is 476 g/mol. The molecule has 14 heteroatoms. The monoisotopic (exact) mass is 476 g/mol. The molecule has 0 N–H and O–H groups in total. The van der Waals surface area contributed by atoms with E-state index in [1.54, 1.807) is 0 Å². The maximum atomic E-state index is 13.7. The molecule has 2 rings (SSSR count). The molecule has 2 aromatic rings. The molecule has 5 nitrogen and oxygen atoms in total. The molecule has 1 heterocycles. The summed E-state index contributed by atoms with van der Waals surface area (Å²) in [5, 5.41) is 1.30. The van der Waals surface area contributed by atoms with Crippen molar-refractivity contribution in [3.63, 3.8) is 0 Å². The van der Waals surface area contributed by atoms with Crippen LogP contribution in [0.1, 0.15) is 12.5 Å². The van der Waals surface area contributed by atoms with Gasteiger partial charge in [-0.3, -0.25) is 14.8 Å². The highest BCUT2D eigenvalue weighted by molar-refractivity contribution is 5.88. The largest absolute Gasteiger partial charge is 0.417 e. The van der Waals surface area contributed by atoms with Crippen LogP contribution in [-0.4, -0.2) is 55.4 Å². The lowest BCUT2D eigenvalue weighted by molar-refractivity contribution is -0.138. The van der Waals surface area contributed by atoms with Crippen LogP contribution in [0.25, 0.3) is 10.9 Å². The van der Waals surface area contributed by atoms with Crippen molar-refractivity contribution >= 4 is 28.3 Å². The van der Waals surface area contributed by atoms with E-state index in [1.165, 1.54) is 14.1 Å². The van der Waals surface area contributed by atoms with Gasteiger partial charge in [0.1, 0.15) is 18.9 Å². The molecule has 0 saturated carbocycles. The standard InChI is InChI=1S/C18H17F9N4O/c1-10(32)29(2)30(3)15-7-13(18(25,26)27)12-6-11(4-5-14(12)28-15)31(8-16(19,20)21)9-17(22,23)24/h4-7H,8-9H2,1-3H3. The molecule has 0 atom stereocenters. The molecule has 0 unspecified atom stereocenters. The van der Waals surface area contributed by atoms with E-state index in [2.05, 4.69) is 4.98 Å². The van der Waals surface area contributed by atoms with Gasteiger partial charge in [-0.05, 0) is 24.3 Å². The summed E-state index contributed by atoms with van der Waals surface area (Å²) >= 11 is 0. The van der Waals surface area contributed by atoms with Gasteiger partial charge < -0.3 is 4.90 Å². The van der Waals surface area contributed by atoms with Crippen LogP contribution in [0.2, 0.25) is 0 Å². The fraction of sp³-hybridized carbons (Fsp3) is 0.444. The second-order valence-electron chi connectivity index (χ2n) is 6.88. The van der Waals surface area contributed by atoms with Gasteiger partial charge in [-0.15, -0.1) is 0 Å². The van der Waals surface area contributed by atoms with E-state index < -0.39 is 54.2 Å². The number of nitrogens with zero attached hydrogens (tertiary/aromatic N) is 4. The summed E-state index contributed by atoms with van der Waals surface area (Å²) in [5.41, 5.74) is -2.37. The smallest absolute Gasteiger partial charge is 0.353 e. The van der Waals surface area contributed by atoms with Crippen LogP contribution in [0.3, 0.4) is 0 Å². The van der Waals surface area contributed by atoms with Crippen LogP contribution in [0.4, 0.5) is 51.0 Å². The van der Waals surface area contributed by atoms with Crippen molar-refractivity contribution in [1.29, 1.82) is 0 Å². The number of carbonyl (C=O) groups is 1. The number of fused-ring (bicyclic) bond motifs is 1. The van der Waals surface area contributed by atoms with E-state index in [1.807, 2.05) is 0 Å². The maximum absolute atomic E-state index is 13.7. The highest BCUT2D eigenvalue weighted by atomic mass is 19.4. The molecule has 178 valence electrons. The lowest BCUT2D eigenvalue weighted by Crippen LogP contribution is -2.41. The van der Waals surface area contributed by atoms with E-state index >= 15 is 0 Å². The molecule has 0 bridgehead atoms. The quantitative estimate of drug-likeness (QED) is 0.449. The molecular formula is C18H17F9N4O. The molecule has 1 aromatic carbocycles. The van der Waals surface area contributed by atoms with Gasteiger partial charge in [0.25, 0.3) is 0 Å². The first-order valence-electron chi connectivity index (χ1n) is 8.77. The number of alkyl halides is 9. The van der Waals surface area contributed by atoms with Gasteiger partial charge in [0.2, 0.25) is 5.91 Å². The molecule has 0 spiro atoms. The number of hydrogen-bond donors (Lipinski definition) is 0. The first-order valence-corrected chi connectivity index (χ1v) is 8.77. The van der Waals surface area contributed by atoms with Gasteiger partial charge >= 0.3 is 18.5 Å². The SMILES string of the molecule is CC(=O)N(C)N(C)c1cc(C(F)(F)F)c2cc(N(CC(F)(F)F)CC(F)(F)F)ccc2n1. The lowest BCUT2D eigenvalue weighted by Gasteiger charge is -2.29. The Morgan fingerprint density at radius 2 is 1.44 bits per heavy atom. The first kappa shape index (κ1) is 25.3. The molecule has 0 saturated heterocycles. The molecule has 0 radical (unpaired) electrons. The third-order valence-electron chi connectivity index (χ3n) is 4.43. The second-order valence-corrected chi connectivity index (χ2v) is 6.88. The van der Waals surface area contributed by atoms with Crippen LogP contribution < -0.4 is 9.91 Å². The summed E-state index contributed by atoms with van der Waals surface area (Å²) in [6.07, 6.45) is -15.1. The number of anilines is 2. The Balaban J connectivity index is 2.68. The van der Waals surface area contributed by atoms with E-state index in [4.69, 9.17) is 0 Å². The number of amides is 1. The molecular weight excluding hydrogens is 459 g/mol. The Bertz CT molecular complexity index is 969. The van der Waals surface area contributed by atoms with E-state index in [0.29, 0.717) is 12.1 Å². The Morgan fingerprint density at radius 1 is 0.906 bits per heavy atom. The first-order chi connectivity index (χ1) is 14.4. The molecule has 0 aliphatic carbocycles. The van der Waals surface area contributed by atoms with Crippen LogP contribution >= 0.6 is 0 Å². The van der Waals surface area contributed by atoms with Crippen molar-refractivity contribution in [3.05, 3.63) is 29.8 Å². The van der Waals surface area contributed by atoms with Gasteiger partial charge in [0.05, 0.1) is 11.1 Å². The molecule has 1 aromatic heterocycles.